The number of carbonyl (C=O) groups excluding carboxylic acids is 1. The molecule has 5 nitrogen and oxygen atoms in total. The fourth-order valence-corrected chi connectivity index (χ4v) is 3.92. The summed E-state index contributed by atoms with van der Waals surface area (Å²) in [5.74, 6) is -0.437. The maximum atomic E-state index is 12.3. The fraction of sp³-hybridized carbons (Fsp3) is 0.235. The molecule has 0 radical (unpaired) electrons. The van der Waals surface area contributed by atoms with E-state index in [1.54, 1.807) is 29.2 Å². The number of hydrogen-bond acceptors (Lipinski definition) is 3. The highest BCUT2D eigenvalue weighted by molar-refractivity contribution is 7.88. The molecule has 24 heavy (non-hydrogen) atoms. The van der Waals surface area contributed by atoms with Crippen molar-refractivity contribution in [1.82, 2.24) is 4.72 Å². The van der Waals surface area contributed by atoms with Gasteiger partial charge in [-0.1, -0.05) is 41.9 Å². The molecular formula is C17H17ClN2O3S. The van der Waals surface area contributed by atoms with Crippen molar-refractivity contribution in [2.24, 2.45) is 0 Å². The summed E-state index contributed by atoms with van der Waals surface area (Å²) in [4.78, 5) is 14.0. The van der Waals surface area contributed by atoms with Crippen LogP contribution in [0.25, 0.3) is 0 Å². The summed E-state index contributed by atoms with van der Waals surface area (Å²) in [7, 11) is -3.59. The van der Waals surface area contributed by atoms with Crippen LogP contribution in [-0.4, -0.2) is 27.4 Å². The van der Waals surface area contributed by atoms with Crippen molar-refractivity contribution < 1.29 is 13.2 Å². The van der Waals surface area contributed by atoms with E-state index in [9.17, 15) is 13.2 Å². The predicted molar refractivity (Wildman–Crippen MR) is 94.6 cm³/mol. The molecule has 1 aliphatic rings. The van der Waals surface area contributed by atoms with Gasteiger partial charge in [-0.05, 0) is 35.7 Å². The van der Waals surface area contributed by atoms with Crippen LogP contribution in [0, 0.1) is 0 Å². The molecule has 0 saturated carbocycles. The number of nitrogens with zero attached hydrogens (tertiary/aromatic N) is 1. The van der Waals surface area contributed by atoms with E-state index in [0.29, 0.717) is 17.1 Å². The summed E-state index contributed by atoms with van der Waals surface area (Å²) in [6.07, 6.45) is 0.791. The van der Waals surface area contributed by atoms with E-state index in [4.69, 9.17) is 11.6 Å². The summed E-state index contributed by atoms with van der Waals surface area (Å²) in [5, 5.41) is 0.548. The Kier molecular flexibility index (Phi) is 4.89. The van der Waals surface area contributed by atoms with Gasteiger partial charge < -0.3 is 4.90 Å². The molecule has 1 N–H and O–H groups in total. The number of fused-ring (bicyclic) bond motifs is 1. The van der Waals surface area contributed by atoms with Crippen LogP contribution >= 0.6 is 11.6 Å². The lowest BCUT2D eigenvalue weighted by Crippen LogP contribution is -2.39. The number of sulfonamides is 1. The number of benzene rings is 2. The third-order valence-corrected chi connectivity index (χ3v) is 5.45. The molecule has 0 aliphatic carbocycles. The molecule has 0 aromatic heterocycles. The number of rotatable bonds is 5. The van der Waals surface area contributed by atoms with E-state index in [1.165, 1.54) is 0 Å². The number of para-hydroxylation sites is 1. The zero-order valence-electron chi connectivity index (χ0n) is 12.9. The first-order valence-corrected chi connectivity index (χ1v) is 9.58. The molecule has 1 aliphatic heterocycles. The molecule has 1 heterocycles. The third kappa shape index (κ3) is 3.95. The Labute approximate surface area is 146 Å². The lowest BCUT2D eigenvalue weighted by molar-refractivity contribution is -0.117. The first-order valence-electron chi connectivity index (χ1n) is 7.55. The van der Waals surface area contributed by atoms with Crippen LogP contribution in [0.2, 0.25) is 5.02 Å². The van der Waals surface area contributed by atoms with Crippen LogP contribution in [0.1, 0.15) is 11.1 Å². The zero-order chi connectivity index (χ0) is 17.2. The molecule has 0 spiro atoms. The van der Waals surface area contributed by atoms with E-state index in [2.05, 4.69) is 4.72 Å². The Hall–Kier alpha value is -1.89. The molecule has 2 aromatic rings. The Morgan fingerprint density at radius 1 is 1.12 bits per heavy atom. The standard InChI is InChI=1S/C17H17ClN2O3S/c18-15-7-5-13(6-8-15)12-24(22,23)19-11-17(21)20-10-9-14-3-1-2-4-16(14)20/h1-8,19H,9-12H2. The molecular weight excluding hydrogens is 348 g/mol. The molecule has 126 valence electrons. The summed E-state index contributed by atoms with van der Waals surface area (Å²) in [6, 6.07) is 14.2. The van der Waals surface area contributed by atoms with Crippen LogP contribution in [-0.2, 0) is 27.0 Å². The summed E-state index contributed by atoms with van der Waals surface area (Å²) in [6.45, 7) is 0.335. The number of nitrogens with one attached hydrogen (secondary N) is 1. The van der Waals surface area contributed by atoms with Crippen molar-refractivity contribution in [3.8, 4) is 0 Å². The lowest BCUT2D eigenvalue weighted by Gasteiger charge is -2.17. The van der Waals surface area contributed by atoms with Crippen LogP contribution in [0.5, 0.6) is 0 Å². The molecule has 3 rings (SSSR count). The Morgan fingerprint density at radius 3 is 2.58 bits per heavy atom. The van der Waals surface area contributed by atoms with Gasteiger partial charge >= 0.3 is 0 Å². The Bertz CT molecular complexity index is 850. The molecule has 0 atom stereocenters. The molecule has 2 aromatic carbocycles. The Balaban J connectivity index is 1.61. The van der Waals surface area contributed by atoms with Gasteiger partial charge in [-0.15, -0.1) is 0 Å². The second kappa shape index (κ2) is 6.93. The van der Waals surface area contributed by atoms with Gasteiger partial charge in [0.1, 0.15) is 0 Å². The first-order chi connectivity index (χ1) is 11.4. The number of anilines is 1. The normalized spacial score (nSPS) is 13.8. The van der Waals surface area contributed by atoms with Crippen molar-refractivity contribution in [3.05, 3.63) is 64.7 Å². The fourth-order valence-electron chi connectivity index (χ4n) is 2.72. The quantitative estimate of drug-likeness (QED) is 0.885. The van der Waals surface area contributed by atoms with E-state index < -0.39 is 10.0 Å². The first kappa shape index (κ1) is 17.0. The lowest BCUT2D eigenvalue weighted by atomic mass is 10.2. The number of amides is 1. The summed E-state index contributed by atoms with van der Waals surface area (Å²) < 4.78 is 26.6. The van der Waals surface area contributed by atoms with Crippen molar-refractivity contribution >= 4 is 33.2 Å². The minimum Gasteiger partial charge on any atom is -0.311 e. The number of hydrogen-bond donors (Lipinski definition) is 1. The Morgan fingerprint density at radius 2 is 1.83 bits per heavy atom. The van der Waals surface area contributed by atoms with Gasteiger partial charge in [-0.2, -0.15) is 0 Å². The second-order valence-corrected chi connectivity index (χ2v) is 7.87. The highest BCUT2D eigenvalue weighted by Crippen LogP contribution is 2.27. The molecule has 0 bridgehead atoms. The average molecular weight is 365 g/mol. The van der Waals surface area contributed by atoms with Crippen molar-refractivity contribution in [2.75, 3.05) is 18.0 Å². The monoisotopic (exact) mass is 364 g/mol. The topological polar surface area (TPSA) is 66.5 Å². The van der Waals surface area contributed by atoms with Crippen molar-refractivity contribution in [3.63, 3.8) is 0 Å². The van der Waals surface area contributed by atoms with Crippen LogP contribution in [0.15, 0.2) is 48.5 Å². The number of carbonyl (C=O) groups is 1. The highest BCUT2D eigenvalue weighted by Gasteiger charge is 2.25. The van der Waals surface area contributed by atoms with Gasteiger partial charge in [0.05, 0.1) is 12.3 Å². The van der Waals surface area contributed by atoms with Crippen LogP contribution in [0.3, 0.4) is 0 Å². The third-order valence-electron chi connectivity index (χ3n) is 3.90. The van der Waals surface area contributed by atoms with Crippen LogP contribution < -0.4 is 9.62 Å². The summed E-state index contributed by atoms with van der Waals surface area (Å²) in [5.41, 5.74) is 2.58. The van der Waals surface area contributed by atoms with E-state index >= 15 is 0 Å². The second-order valence-electron chi connectivity index (χ2n) is 5.63. The van der Waals surface area contributed by atoms with Gasteiger partial charge in [0.2, 0.25) is 15.9 Å². The van der Waals surface area contributed by atoms with Crippen molar-refractivity contribution in [2.45, 2.75) is 12.2 Å². The van der Waals surface area contributed by atoms with Gasteiger partial charge in [0, 0.05) is 17.3 Å². The maximum absolute atomic E-state index is 12.3. The highest BCUT2D eigenvalue weighted by atomic mass is 35.5. The number of halogens is 1. The van der Waals surface area contributed by atoms with E-state index in [1.807, 2.05) is 24.3 Å². The maximum Gasteiger partial charge on any atom is 0.242 e. The van der Waals surface area contributed by atoms with Gasteiger partial charge in [-0.3, -0.25) is 4.79 Å². The van der Waals surface area contributed by atoms with Crippen molar-refractivity contribution in [1.29, 1.82) is 0 Å². The molecule has 0 fully saturated rings. The zero-order valence-corrected chi connectivity index (χ0v) is 14.5. The molecule has 0 saturated heterocycles. The average Bonchev–Trinajstić information content (AvgIpc) is 2.99. The predicted octanol–water partition coefficient (Wildman–Crippen LogP) is 2.35. The largest absolute Gasteiger partial charge is 0.311 e. The molecule has 1 amide bonds. The smallest absolute Gasteiger partial charge is 0.242 e. The van der Waals surface area contributed by atoms with Gasteiger partial charge in [-0.25, -0.2) is 13.1 Å². The molecule has 0 unspecified atom stereocenters. The van der Waals surface area contributed by atoms with Crippen LogP contribution in [0.4, 0.5) is 5.69 Å². The SMILES string of the molecule is O=C(CNS(=O)(=O)Cc1ccc(Cl)cc1)N1CCc2ccccc21. The van der Waals surface area contributed by atoms with Gasteiger partial charge in [0.15, 0.2) is 0 Å². The summed E-state index contributed by atoms with van der Waals surface area (Å²) >= 11 is 5.78. The van der Waals surface area contributed by atoms with Gasteiger partial charge in [0.25, 0.3) is 0 Å². The minimum atomic E-state index is -3.59. The van der Waals surface area contributed by atoms with E-state index in [0.717, 1.165) is 17.7 Å². The minimum absolute atomic E-state index is 0.186. The van der Waals surface area contributed by atoms with E-state index in [-0.39, 0.29) is 18.2 Å². The molecule has 7 heteroatoms.